The number of hydrazine groups is 1. The molecule has 2 rings (SSSR count). The smallest absolute Gasteiger partial charge is 0.271 e. The molecule has 126 valence electrons. The van der Waals surface area contributed by atoms with Crippen LogP contribution in [0.15, 0.2) is 42.6 Å². The minimum atomic E-state index is -0.407. The summed E-state index contributed by atoms with van der Waals surface area (Å²) in [5, 5.41) is 0. The quantitative estimate of drug-likeness (QED) is 0.827. The summed E-state index contributed by atoms with van der Waals surface area (Å²) in [6.45, 7) is 7.82. The van der Waals surface area contributed by atoms with Gasteiger partial charge >= 0.3 is 0 Å². The molecule has 2 aromatic rings. The summed E-state index contributed by atoms with van der Waals surface area (Å²) in [7, 11) is 0. The van der Waals surface area contributed by atoms with E-state index in [2.05, 4.69) is 34.6 Å². The molecule has 1 heterocycles. The molecule has 2 N–H and O–H groups in total. The summed E-state index contributed by atoms with van der Waals surface area (Å²) in [6.07, 6.45) is 1.47. The number of nitrogens with one attached hydrogen (secondary N) is 2. The number of aryl methyl sites for hydroxylation is 1. The number of anilines is 1. The van der Waals surface area contributed by atoms with E-state index < -0.39 is 5.91 Å². The lowest BCUT2D eigenvalue weighted by molar-refractivity contribution is 0.0846. The highest BCUT2D eigenvalue weighted by Crippen LogP contribution is 2.14. The van der Waals surface area contributed by atoms with Crippen molar-refractivity contribution in [3.63, 3.8) is 0 Å². The number of amides is 2. The average Bonchev–Trinajstić information content (AvgIpc) is 2.61. The van der Waals surface area contributed by atoms with Gasteiger partial charge in [0.15, 0.2) is 0 Å². The maximum atomic E-state index is 12.1. The Kier molecular flexibility index (Phi) is 5.89. The third kappa shape index (κ3) is 4.32. The van der Waals surface area contributed by atoms with Gasteiger partial charge in [-0.2, -0.15) is 0 Å². The molecule has 0 aliphatic heterocycles. The van der Waals surface area contributed by atoms with Crippen molar-refractivity contribution in [3.8, 4) is 0 Å². The fourth-order valence-corrected chi connectivity index (χ4v) is 2.27. The van der Waals surface area contributed by atoms with Gasteiger partial charge in [-0.15, -0.1) is 0 Å². The molecule has 6 nitrogen and oxygen atoms in total. The van der Waals surface area contributed by atoms with E-state index in [1.165, 1.54) is 6.20 Å². The second-order valence-electron chi connectivity index (χ2n) is 5.32. The van der Waals surface area contributed by atoms with Crippen molar-refractivity contribution in [1.82, 2.24) is 15.8 Å². The molecular weight excluding hydrogens is 304 g/mol. The van der Waals surface area contributed by atoms with Crippen LogP contribution in [0.2, 0.25) is 0 Å². The van der Waals surface area contributed by atoms with Gasteiger partial charge in [-0.05, 0) is 57.2 Å². The summed E-state index contributed by atoms with van der Waals surface area (Å²) < 4.78 is 0. The third-order valence-corrected chi connectivity index (χ3v) is 3.72. The first-order chi connectivity index (χ1) is 11.5. The lowest BCUT2D eigenvalue weighted by Gasteiger charge is -2.21. The molecule has 2 amide bonds. The van der Waals surface area contributed by atoms with E-state index in [0.29, 0.717) is 11.1 Å². The van der Waals surface area contributed by atoms with Gasteiger partial charge in [0.2, 0.25) is 0 Å². The van der Waals surface area contributed by atoms with E-state index in [4.69, 9.17) is 0 Å². The van der Waals surface area contributed by atoms with Crippen LogP contribution in [0.25, 0.3) is 0 Å². The second kappa shape index (κ2) is 8.10. The summed E-state index contributed by atoms with van der Waals surface area (Å²) in [5.41, 5.74) is 7.55. The van der Waals surface area contributed by atoms with Gasteiger partial charge in [-0.25, -0.2) is 0 Å². The molecule has 0 bridgehead atoms. The number of benzene rings is 1. The molecule has 0 saturated carbocycles. The Morgan fingerprint density at radius 3 is 1.96 bits per heavy atom. The minimum Gasteiger partial charge on any atom is -0.372 e. The van der Waals surface area contributed by atoms with Crippen LogP contribution in [-0.4, -0.2) is 29.9 Å². The van der Waals surface area contributed by atoms with Gasteiger partial charge in [-0.1, -0.05) is 0 Å². The number of carbonyl (C=O) groups is 2. The molecule has 0 radical (unpaired) electrons. The second-order valence-corrected chi connectivity index (χ2v) is 5.32. The normalized spacial score (nSPS) is 10.1. The van der Waals surface area contributed by atoms with Crippen molar-refractivity contribution in [3.05, 3.63) is 59.4 Å². The van der Waals surface area contributed by atoms with E-state index >= 15 is 0 Å². The van der Waals surface area contributed by atoms with Gasteiger partial charge in [0.1, 0.15) is 0 Å². The molecule has 0 aliphatic rings. The van der Waals surface area contributed by atoms with Crippen molar-refractivity contribution < 1.29 is 9.59 Å². The third-order valence-electron chi connectivity index (χ3n) is 3.72. The summed E-state index contributed by atoms with van der Waals surface area (Å²) in [6, 6.07) is 10.7. The summed E-state index contributed by atoms with van der Waals surface area (Å²) in [4.78, 5) is 30.3. The van der Waals surface area contributed by atoms with E-state index in [1.54, 1.807) is 24.3 Å². The Hall–Kier alpha value is -2.89. The zero-order chi connectivity index (χ0) is 17.5. The number of pyridine rings is 1. The Morgan fingerprint density at radius 2 is 1.46 bits per heavy atom. The van der Waals surface area contributed by atoms with Crippen LogP contribution in [0.4, 0.5) is 5.69 Å². The number of nitrogens with zero attached hydrogens (tertiary/aromatic N) is 2. The first kappa shape index (κ1) is 17.5. The van der Waals surface area contributed by atoms with Crippen molar-refractivity contribution in [2.45, 2.75) is 20.8 Å². The van der Waals surface area contributed by atoms with Crippen LogP contribution in [0.1, 0.15) is 40.3 Å². The molecule has 0 unspecified atom stereocenters. The number of carbonyl (C=O) groups excluding carboxylic acids is 2. The fraction of sp³-hybridized carbons (Fsp3) is 0.278. The Bertz CT molecular complexity index is 692. The van der Waals surface area contributed by atoms with Crippen molar-refractivity contribution >= 4 is 17.5 Å². The van der Waals surface area contributed by atoms with E-state index in [1.807, 2.05) is 19.1 Å². The topological polar surface area (TPSA) is 74.3 Å². The predicted octanol–water partition coefficient (Wildman–Crippen LogP) is 2.31. The van der Waals surface area contributed by atoms with Crippen molar-refractivity contribution in [2.75, 3.05) is 18.0 Å². The fourth-order valence-electron chi connectivity index (χ4n) is 2.27. The van der Waals surface area contributed by atoms with E-state index in [9.17, 15) is 9.59 Å². The first-order valence-electron chi connectivity index (χ1n) is 7.93. The SMILES string of the molecule is CCN(CC)c1ccc(C(=O)NNC(=O)c2ccc(C)nc2)cc1. The highest BCUT2D eigenvalue weighted by molar-refractivity contribution is 5.99. The molecule has 0 fully saturated rings. The van der Waals surface area contributed by atoms with Crippen LogP contribution < -0.4 is 15.8 Å². The van der Waals surface area contributed by atoms with Crippen molar-refractivity contribution in [1.29, 1.82) is 0 Å². The van der Waals surface area contributed by atoms with Crippen LogP contribution in [0.3, 0.4) is 0 Å². The molecule has 6 heteroatoms. The molecule has 0 atom stereocenters. The average molecular weight is 326 g/mol. The summed E-state index contributed by atoms with van der Waals surface area (Å²) >= 11 is 0. The van der Waals surface area contributed by atoms with Crippen molar-refractivity contribution in [2.24, 2.45) is 0 Å². The molecule has 1 aromatic heterocycles. The molecule has 0 aliphatic carbocycles. The zero-order valence-corrected chi connectivity index (χ0v) is 14.2. The Balaban J connectivity index is 1.94. The largest absolute Gasteiger partial charge is 0.372 e. The Morgan fingerprint density at radius 1 is 0.917 bits per heavy atom. The molecule has 24 heavy (non-hydrogen) atoms. The van der Waals surface area contributed by atoms with Gasteiger partial charge in [0.05, 0.1) is 5.56 Å². The molecule has 0 spiro atoms. The number of hydrogen-bond acceptors (Lipinski definition) is 4. The van der Waals surface area contributed by atoms with Crippen LogP contribution in [-0.2, 0) is 0 Å². The highest BCUT2D eigenvalue weighted by atomic mass is 16.2. The first-order valence-corrected chi connectivity index (χ1v) is 7.93. The van der Waals surface area contributed by atoms with Crippen LogP contribution in [0, 0.1) is 6.92 Å². The van der Waals surface area contributed by atoms with E-state index in [0.717, 1.165) is 24.5 Å². The van der Waals surface area contributed by atoms with E-state index in [-0.39, 0.29) is 5.91 Å². The number of aromatic nitrogens is 1. The molecule has 1 aromatic carbocycles. The standard InChI is InChI=1S/C18H22N4O2/c1-4-22(5-2)16-10-8-14(9-11-16)17(23)20-21-18(24)15-7-6-13(3)19-12-15/h6-12H,4-5H2,1-3H3,(H,20,23)(H,21,24). The van der Waals surface area contributed by atoms with Gasteiger partial charge in [0.25, 0.3) is 11.8 Å². The lowest BCUT2D eigenvalue weighted by atomic mass is 10.2. The maximum Gasteiger partial charge on any atom is 0.271 e. The van der Waals surface area contributed by atoms with Gasteiger partial charge in [-0.3, -0.25) is 25.4 Å². The molecule has 0 saturated heterocycles. The van der Waals surface area contributed by atoms with Gasteiger partial charge in [0, 0.05) is 36.2 Å². The monoisotopic (exact) mass is 326 g/mol. The predicted molar refractivity (Wildman–Crippen MR) is 93.9 cm³/mol. The Labute approximate surface area is 141 Å². The number of rotatable bonds is 5. The minimum absolute atomic E-state index is 0.366. The zero-order valence-electron chi connectivity index (χ0n) is 14.2. The van der Waals surface area contributed by atoms with Crippen LogP contribution >= 0.6 is 0 Å². The maximum absolute atomic E-state index is 12.1. The number of hydrogen-bond donors (Lipinski definition) is 2. The molecular formula is C18H22N4O2. The van der Waals surface area contributed by atoms with Gasteiger partial charge < -0.3 is 4.90 Å². The van der Waals surface area contributed by atoms with Crippen LogP contribution in [0.5, 0.6) is 0 Å². The lowest BCUT2D eigenvalue weighted by Crippen LogP contribution is -2.41. The highest BCUT2D eigenvalue weighted by Gasteiger charge is 2.10. The summed E-state index contributed by atoms with van der Waals surface area (Å²) in [5.74, 6) is -0.773.